The normalized spacial score (nSPS) is 11.2. The van der Waals surface area contributed by atoms with Gasteiger partial charge < -0.3 is 4.74 Å². The number of carbonyl (C=O) groups is 1. The third-order valence-corrected chi connectivity index (χ3v) is 5.63. The summed E-state index contributed by atoms with van der Waals surface area (Å²) < 4.78 is 7.62. The highest BCUT2D eigenvalue weighted by atomic mass is 16.5. The molecule has 0 radical (unpaired) electrons. The minimum absolute atomic E-state index is 0.116. The quantitative estimate of drug-likeness (QED) is 0.263. The van der Waals surface area contributed by atoms with E-state index in [1.54, 1.807) is 6.21 Å². The van der Waals surface area contributed by atoms with E-state index in [-0.39, 0.29) is 12.5 Å². The summed E-state index contributed by atoms with van der Waals surface area (Å²) >= 11 is 0. The van der Waals surface area contributed by atoms with Crippen molar-refractivity contribution in [3.05, 3.63) is 101 Å². The van der Waals surface area contributed by atoms with Gasteiger partial charge in [0, 0.05) is 17.3 Å². The number of ether oxygens (including phenoxy) is 1. The average molecular weight is 467 g/mol. The molecule has 0 fully saturated rings. The SMILES string of the molecule is Cc1ccc(-c2nn(-c3ccccc3)cc2C=NNC(=O)COc2cc(C)ccc2C(C)C)cc1. The Labute approximate surface area is 206 Å². The fourth-order valence-electron chi connectivity index (χ4n) is 3.72. The topological polar surface area (TPSA) is 68.5 Å². The molecule has 1 amide bonds. The molecule has 6 heteroatoms. The molecule has 0 aliphatic carbocycles. The Hall–Kier alpha value is -4.19. The first-order valence-corrected chi connectivity index (χ1v) is 11.7. The number of amides is 1. The highest BCUT2D eigenvalue weighted by Gasteiger charge is 2.12. The van der Waals surface area contributed by atoms with Crippen LogP contribution in [0.2, 0.25) is 0 Å². The summed E-state index contributed by atoms with van der Waals surface area (Å²) in [6, 6.07) is 24.1. The fourth-order valence-corrected chi connectivity index (χ4v) is 3.72. The number of rotatable bonds is 8. The molecule has 0 aliphatic heterocycles. The molecule has 3 aromatic carbocycles. The van der Waals surface area contributed by atoms with Gasteiger partial charge in [-0.2, -0.15) is 10.2 Å². The zero-order valence-electron chi connectivity index (χ0n) is 20.5. The van der Waals surface area contributed by atoms with Gasteiger partial charge in [-0.25, -0.2) is 10.1 Å². The van der Waals surface area contributed by atoms with Crippen molar-refractivity contribution in [3.63, 3.8) is 0 Å². The summed E-state index contributed by atoms with van der Waals surface area (Å²) in [5, 5.41) is 8.96. The Balaban J connectivity index is 1.49. The highest BCUT2D eigenvalue weighted by Crippen LogP contribution is 2.27. The molecule has 35 heavy (non-hydrogen) atoms. The third kappa shape index (κ3) is 6.03. The van der Waals surface area contributed by atoms with E-state index in [9.17, 15) is 4.79 Å². The predicted molar refractivity (Wildman–Crippen MR) is 140 cm³/mol. The number of para-hydroxylation sites is 1. The van der Waals surface area contributed by atoms with Crippen molar-refractivity contribution >= 4 is 12.1 Å². The van der Waals surface area contributed by atoms with Crippen molar-refractivity contribution < 1.29 is 9.53 Å². The second-order valence-electron chi connectivity index (χ2n) is 8.86. The molecule has 0 aliphatic rings. The molecule has 1 heterocycles. The van der Waals surface area contributed by atoms with Crippen LogP contribution >= 0.6 is 0 Å². The molecule has 0 saturated heterocycles. The van der Waals surface area contributed by atoms with E-state index in [1.807, 2.05) is 97.5 Å². The maximum absolute atomic E-state index is 12.4. The van der Waals surface area contributed by atoms with Gasteiger partial charge in [0.25, 0.3) is 5.91 Å². The first-order valence-electron chi connectivity index (χ1n) is 11.7. The number of aromatic nitrogens is 2. The van der Waals surface area contributed by atoms with Crippen LogP contribution < -0.4 is 10.2 Å². The van der Waals surface area contributed by atoms with Crippen LogP contribution in [0.25, 0.3) is 16.9 Å². The van der Waals surface area contributed by atoms with Crippen LogP contribution in [0.1, 0.15) is 42.0 Å². The highest BCUT2D eigenvalue weighted by molar-refractivity contribution is 5.89. The third-order valence-electron chi connectivity index (χ3n) is 5.63. The lowest BCUT2D eigenvalue weighted by Gasteiger charge is -2.14. The molecular formula is C29H30N4O2. The zero-order valence-corrected chi connectivity index (χ0v) is 20.5. The van der Waals surface area contributed by atoms with Gasteiger partial charge in [-0.1, -0.05) is 74.0 Å². The van der Waals surface area contributed by atoms with Crippen LogP contribution in [-0.4, -0.2) is 28.5 Å². The molecular weight excluding hydrogens is 436 g/mol. The molecule has 1 aromatic heterocycles. The number of hydrogen-bond acceptors (Lipinski definition) is 4. The molecule has 0 atom stereocenters. The van der Waals surface area contributed by atoms with Gasteiger partial charge in [0.1, 0.15) is 11.4 Å². The average Bonchev–Trinajstić information content (AvgIpc) is 3.28. The van der Waals surface area contributed by atoms with Crippen molar-refractivity contribution in [1.29, 1.82) is 0 Å². The summed E-state index contributed by atoms with van der Waals surface area (Å²) in [6.45, 7) is 8.14. The van der Waals surface area contributed by atoms with Gasteiger partial charge in [-0.15, -0.1) is 0 Å². The molecule has 0 saturated carbocycles. The largest absolute Gasteiger partial charge is 0.483 e. The van der Waals surface area contributed by atoms with E-state index < -0.39 is 0 Å². The van der Waals surface area contributed by atoms with Gasteiger partial charge in [0.05, 0.1) is 11.9 Å². The lowest BCUT2D eigenvalue weighted by atomic mass is 10.0. The summed E-state index contributed by atoms with van der Waals surface area (Å²) in [5.41, 5.74) is 9.39. The molecule has 178 valence electrons. The number of benzene rings is 3. The lowest BCUT2D eigenvalue weighted by Crippen LogP contribution is -2.25. The standard InChI is InChI=1S/C29H30N4O2/c1-20(2)26-15-12-22(4)16-27(26)35-19-28(34)31-30-17-24-18-33(25-8-6-5-7-9-25)32-29(24)23-13-10-21(3)11-14-23/h5-18,20H,19H2,1-4H3,(H,31,34). The Morgan fingerprint density at radius 1 is 1.03 bits per heavy atom. The minimum atomic E-state index is -0.329. The van der Waals surface area contributed by atoms with Gasteiger partial charge in [0.2, 0.25) is 0 Å². The van der Waals surface area contributed by atoms with Gasteiger partial charge in [-0.05, 0) is 49.1 Å². The van der Waals surface area contributed by atoms with E-state index in [0.29, 0.717) is 5.92 Å². The molecule has 6 nitrogen and oxygen atoms in total. The number of hydrazone groups is 1. The van der Waals surface area contributed by atoms with Crippen molar-refractivity contribution in [3.8, 4) is 22.7 Å². The number of nitrogens with zero attached hydrogens (tertiary/aromatic N) is 3. The van der Waals surface area contributed by atoms with E-state index in [1.165, 1.54) is 5.56 Å². The summed E-state index contributed by atoms with van der Waals surface area (Å²) in [7, 11) is 0. The smallest absolute Gasteiger partial charge is 0.277 e. The molecule has 0 spiro atoms. The number of nitrogens with one attached hydrogen (secondary N) is 1. The van der Waals surface area contributed by atoms with E-state index in [2.05, 4.69) is 24.4 Å². The predicted octanol–water partition coefficient (Wildman–Crippen LogP) is 5.81. The minimum Gasteiger partial charge on any atom is -0.483 e. The van der Waals surface area contributed by atoms with E-state index >= 15 is 0 Å². The molecule has 4 aromatic rings. The van der Waals surface area contributed by atoms with Gasteiger partial charge >= 0.3 is 0 Å². The van der Waals surface area contributed by atoms with Crippen LogP contribution in [0.15, 0.2) is 84.1 Å². The second-order valence-corrected chi connectivity index (χ2v) is 8.86. The van der Waals surface area contributed by atoms with Crippen LogP contribution in [-0.2, 0) is 4.79 Å². The molecule has 0 bridgehead atoms. The maximum Gasteiger partial charge on any atom is 0.277 e. The number of carbonyl (C=O) groups excluding carboxylic acids is 1. The maximum atomic E-state index is 12.4. The van der Waals surface area contributed by atoms with Crippen molar-refractivity contribution in [2.75, 3.05) is 6.61 Å². The Kier molecular flexibility index (Phi) is 7.41. The number of aryl methyl sites for hydroxylation is 2. The van der Waals surface area contributed by atoms with Crippen LogP contribution in [0.5, 0.6) is 5.75 Å². The summed E-state index contributed by atoms with van der Waals surface area (Å²) in [5.74, 6) is 0.697. The van der Waals surface area contributed by atoms with Crippen molar-refractivity contribution in [2.24, 2.45) is 5.10 Å². The summed E-state index contributed by atoms with van der Waals surface area (Å²) in [4.78, 5) is 12.4. The first kappa shape index (κ1) is 24.0. The monoisotopic (exact) mass is 466 g/mol. The Bertz CT molecular complexity index is 1320. The van der Waals surface area contributed by atoms with Crippen LogP contribution in [0.4, 0.5) is 0 Å². The Morgan fingerprint density at radius 3 is 2.46 bits per heavy atom. The first-order chi connectivity index (χ1) is 16.9. The van der Waals surface area contributed by atoms with Gasteiger partial charge in [0.15, 0.2) is 6.61 Å². The van der Waals surface area contributed by atoms with Crippen molar-refractivity contribution in [1.82, 2.24) is 15.2 Å². The van der Waals surface area contributed by atoms with Crippen LogP contribution in [0.3, 0.4) is 0 Å². The lowest BCUT2D eigenvalue weighted by molar-refractivity contribution is -0.123. The molecule has 1 N–H and O–H groups in total. The fraction of sp³-hybridized carbons (Fsp3) is 0.207. The van der Waals surface area contributed by atoms with Crippen molar-refractivity contribution in [2.45, 2.75) is 33.6 Å². The van der Waals surface area contributed by atoms with Crippen LogP contribution in [0, 0.1) is 13.8 Å². The van der Waals surface area contributed by atoms with E-state index in [4.69, 9.17) is 9.84 Å². The second kappa shape index (κ2) is 10.8. The Morgan fingerprint density at radius 2 is 1.74 bits per heavy atom. The molecule has 4 rings (SSSR count). The van der Waals surface area contributed by atoms with E-state index in [0.717, 1.165) is 39.4 Å². The number of hydrogen-bond donors (Lipinski definition) is 1. The molecule has 0 unspecified atom stereocenters. The zero-order chi connectivity index (χ0) is 24.8. The summed E-state index contributed by atoms with van der Waals surface area (Å²) in [6.07, 6.45) is 3.52. The van der Waals surface area contributed by atoms with Gasteiger partial charge in [-0.3, -0.25) is 4.79 Å².